The van der Waals surface area contributed by atoms with E-state index < -0.39 is 0 Å². The van der Waals surface area contributed by atoms with E-state index in [1.54, 1.807) is 0 Å². The molecule has 0 bridgehead atoms. The second-order valence-electron chi connectivity index (χ2n) is 3.46. The second kappa shape index (κ2) is 7.30. The van der Waals surface area contributed by atoms with Crippen LogP contribution in [0.2, 0.25) is 0 Å². The molecule has 1 heterocycles. The Morgan fingerprint density at radius 2 is 2.08 bits per heavy atom. The molecule has 0 aromatic carbocycles. The molecule has 0 amide bonds. The van der Waals surface area contributed by atoms with Crippen molar-refractivity contribution in [1.82, 2.24) is 5.32 Å². The molecule has 0 radical (unpaired) electrons. The summed E-state index contributed by atoms with van der Waals surface area (Å²) >= 11 is 0. The number of hydrogen-bond acceptors (Lipinski definition) is 3. The Morgan fingerprint density at radius 1 is 1.23 bits per heavy atom. The standard InChI is InChI=1S/C10H21NO2/c1-2-12-7-8-13-6-4-10-3-5-11-9-10/h10-11H,2-9H2,1H3/t10-/m0/s1. The quantitative estimate of drug-likeness (QED) is 0.604. The summed E-state index contributed by atoms with van der Waals surface area (Å²) in [7, 11) is 0. The van der Waals surface area contributed by atoms with Gasteiger partial charge in [0.1, 0.15) is 0 Å². The van der Waals surface area contributed by atoms with Gasteiger partial charge in [0, 0.05) is 13.2 Å². The maximum absolute atomic E-state index is 5.44. The molecular weight excluding hydrogens is 166 g/mol. The van der Waals surface area contributed by atoms with Crippen LogP contribution in [0.1, 0.15) is 19.8 Å². The molecule has 1 saturated heterocycles. The van der Waals surface area contributed by atoms with Crippen LogP contribution in [0.25, 0.3) is 0 Å². The van der Waals surface area contributed by atoms with Crippen molar-refractivity contribution in [2.24, 2.45) is 5.92 Å². The van der Waals surface area contributed by atoms with Crippen LogP contribution in [0, 0.1) is 5.92 Å². The normalized spacial score (nSPS) is 22.4. The van der Waals surface area contributed by atoms with E-state index in [0.29, 0.717) is 0 Å². The van der Waals surface area contributed by atoms with Gasteiger partial charge < -0.3 is 14.8 Å². The first-order valence-corrected chi connectivity index (χ1v) is 5.29. The average molecular weight is 187 g/mol. The van der Waals surface area contributed by atoms with E-state index in [-0.39, 0.29) is 0 Å². The zero-order valence-corrected chi connectivity index (χ0v) is 8.55. The maximum atomic E-state index is 5.44. The number of nitrogens with one attached hydrogen (secondary N) is 1. The molecule has 1 aliphatic heterocycles. The second-order valence-corrected chi connectivity index (χ2v) is 3.46. The van der Waals surface area contributed by atoms with Gasteiger partial charge in [0.2, 0.25) is 0 Å². The van der Waals surface area contributed by atoms with Crippen molar-refractivity contribution in [2.75, 3.05) is 39.5 Å². The lowest BCUT2D eigenvalue weighted by Crippen LogP contribution is -2.12. The third kappa shape index (κ3) is 5.24. The van der Waals surface area contributed by atoms with Gasteiger partial charge in [-0.3, -0.25) is 0 Å². The zero-order valence-electron chi connectivity index (χ0n) is 8.55. The third-order valence-corrected chi connectivity index (χ3v) is 2.41. The van der Waals surface area contributed by atoms with Crippen LogP contribution in [0.15, 0.2) is 0 Å². The van der Waals surface area contributed by atoms with Crippen LogP contribution >= 0.6 is 0 Å². The Kier molecular flexibility index (Phi) is 6.15. The van der Waals surface area contributed by atoms with Gasteiger partial charge in [-0.1, -0.05) is 0 Å². The Morgan fingerprint density at radius 3 is 2.77 bits per heavy atom. The number of rotatable bonds is 7. The van der Waals surface area contributed by atoms with E-state index in [4.69, 9.17) is 9.47 Å². The van der Waals surface area contributed by atoms with Crippen LogP contribution in [0.5, 0.6) is 0 Å². The lowest BCUT2D eigenvalue weighted by molar-refractivity contribution is 0.0482. The van der Waals surface area contributed by atoms with Crippen LogP contribution in [-0.4, -0.2) is 39.5 Å². The fourth-order valence-corrected chi connectivity index (χ4v) is 1.58. The topological polar surface area (TPSA) is 30.5 Å². The molecule has 0 aliphatic carbocycles. The molecule has 0 saturated carbocycles. The molecule has 0 spiro atoms. The van der Waals surface area contributed by atoms with Crippen molar-refractivity contribution in [3.63, 3.8) is 0 Å². The molecule has 0 aromatic rings. The van der Waals surface area contributed by atoms with Gasteiger partial charge in [-0.2, -0.15) is 0 Å². The summed E-state index contributed by atoms with van der Waals surface area (Å²) < 4.78 is 10.6. The van der Waals surface area contributed by atoms with Gasteiger partial charge in [0.05, 0.1) is 13.2 Å². The molecular formula is C10H21NO2. The SMILES string of the molecule is CCOCCOCC[C@@H]1CCNC1. The molecule has 1 fully saturated rings. The Balaban J connectivity index is 1.78. The highest BCUT2D eigenvalue weighted by Crippen LogP contribution is 2.11. The lowest BCUT2D eigenvalue weighted by Gasteiger charge is -2.08. The highest BCUT2D eigenvalue weighted by atomic mass is 16.5. The predicted octanol–water partition coefficient (Wildman–Crippen LogP) is 1.04. The minimum Gasteiger partial charge on any atom is -0.379 e. The molecule has 3 heteroatoms. The van der Waals surface area contributed by atoms with Crippen LogP contribution in [0.3, 0.4) is 0 Å². The molecule has 1 atom stereocenters. The van der Waals surface area contributed by atoms with E-state index in [1.165, 1.54) is 25.9 Å². The summed E-state index contributed by atoms with van der Waals surface area (Å²) in [6, 6.07) is 0. The summed E-state index contributed by atoms with van der Waals surface area (Å²) in [5.41, 5.74) is 0. The van der Waals surface area contributed by atoms with Crippen molar-refractivity contribution < 1.29 is 9.47 Å². The van der Waals surface area contributed by atoms with Gasteiger partial charge in [-0.05, 0) is 38.8 Å². The Labute approximate surface area is 80.8 Å². The first kappa shape index (κ1) is 11.0. The monoisotopic (exact) mass is 187 g/mol. The highest BCUT2D eigenvalue weighted by Gasteiger charge is 2.13. The van der Waals surface area contributed by atoms with Gasteiger partial charge in [0.15, 0.2) is 0 Å². The molecule has 1 aliphatic rings. The lowest BCUT2D eigenvalue weighted by atomic mass is 10.1. The van der Waals surface area contributed by atoms with Crippen molar-refractivity contribution in [1.29, 1.82) is 0 Å². The molecule has 1 N–H and O–H groups in total. The molecule has 13 heavy (non-hydrogen) atoms. The van der Waals surface area contributed by atoms with E-state index in [2.05, 4.69) is 5.32 Å². The van der Waals surface area contributed by atoms with Gasteiger partial charge in [-0.25, -0.2) is 0 Å². The first-order chi connectivity index (χ1) is 6.43. The largest absolute Gasteiger partial charge is 0.379 e. The summed E-state index contributed by atoms with van der Waals surface area (Å²) in [4.78, 5) is 0. The summed E-state index contributed by atoms with van der Waals surface area (Å²) in [5, 5.41) is 3.35. The van der Waals surface area contributed by atoms with Gasteiger partial charge in [0.25, 0.3) is 0 Å². The van der Waals surface area contributed by atoms with E-state index in [9.17, 15) is 0 Å². The Hall–Kier alpha value is -0.120. The Bertz CT molecular complexity index is 113. The first-order valence-electron chi connectivity index (χ1n) is 5.29. The van der Waals surface area contributed by atoms with Crippen molar-refractivity contribution in [2.45, 2.75) is 19.8 Å². The van der Waals surface area contributed by atoms with Crippen LogP contribution in [0.4, 0.5) is 0 Å². The summed E-state index contributed by atoms with van der Waals surface area (Å²) in [6.07, 6.45) is 2.51. The molecule has 0 unspecified atom stereocenters. The highest BCUT2D eigenvalue weighted by molar-refractivity contribution is 4.70. The van der Waals surface area contributed by atoms with Gasteiger partial charge in [-0.15, -0.1) is 0 Å². The van der Waals surface area contributed by atoms with Crippen LogP contribution in [-0.2, 0) is 9.47 Å². The number of ether oxygens (including phenoxy) is 2. The summed E-state index contributed by atoms with van der Waals surface area (Å²) in [6.45, 7) is 7.52. The van der Waals surface area contributed by atoms with E-state index >= 15 is 0 Å². The van der Waals surface area contributed by atoms with E-state index in [1.807, 2.05) is 6.92 Å². The fraction of sp³-hybridized carbons (Fsp3) is 1.00. The zero-order chi connectivity index (χ0) is 9.36. The third-order valence-electron chi connectivity index (χ3n) is 2.41. The minimum atomic E-state index is 0.736. The minimum absolute atomic E-state index is 0.736. The van der Waals surface area contributed by atoms with Crippen molar-refractivity contribution in [3.8, 4) is 0 Å². The maximum Gasteiger partial charge on any atom is 0.0700 e. The van der Waals surface area contributed by atoms with Crippen LogP contribution < -0.4 is 5.32 Å². The molecule has 3 nitrogen and oxygen atoms in total. The molecule has 0 aromatic heterocycles. The van der Waals surface area contributed by atoms with Crippen molar-refractivity contribution in [3.05, 3.63) is 0 Å². The van der Waals surface area contributed by atoms with E-state index in [0.717, 1.165) is 32.3 Å². The predicted molar refractivity (Wildman–Crippen MR) is 52.9 cm³/mol. The molecule has 1 rings (SSSR count). The number of hydrogen-bond donors (Lipinski definition) is 1. The van der Waals surface area contributed by atoms with Gasteiger partial charge >= 0.3 is 0 Å². The van der Waals surface area contributed by atoms with Crippen molar-refractivity contribution >= 4 is 0 Å². The fourth-order valence-electron chi connectivity index (χ4n) is 1.58. The smallest absolute Gasteiger partial charge is 0.0700 e. The summed E-state index contributed by atoms with van der Waals surface area (Å²) in [5.74, 6) is 0.840. The molecule has 78 valence electrons. The average Bonchev–Trinajstić information content (AvgIpc) is 2.63.